The molecule has 2 aromatic heterocycles. The highest BCUT2D eigenvalue weighted by molar-refractivity contribution is 7.08. The summed E-state index contributed by atoms with van der Waals surface area (Å²) in [6.07, 6.45) is 0.133. The Labute approximate surface area is 203 Å². The Balaban J connectivity index is 1.94. The fraction of sp³-hybridized carbons (Fsp3) is 0.167. The molecule has 0 radical (unpaired) electrons. The molecule has 8 nitrogen and oxygen atoms in total. The number of nitrogens with zero attached hydrogens (tertiary/aromatic N) is 2. The van der Waals surface area contributed by atoms with Crippen LogP contribution in [0.2, 0.25) is 0 Å². The minimum absolute atomic E-state index is 0.0974. The van der Waals surface area contributed by atoms with Gasteiger partial charge in [0.2, 0.25) is 5.75 Å². The van der Waals surface area contributed by atoms with Gasteiger partial charge in [-0.25, -0.2) is 4.79 Å². The SMILES string of the molecule is COc1cc(C(=O)C(Cc2ccsc2)=C(C(=O)O)c2ccc3nsnc3c2)cc(OC)c1OC. The summed E-state index contributed by atoms with van der Waals surface area (Å²) in [5, 5.41) is 14.0. The van der Waals surface area contributed by atoms with Crippen LogP contribution in [-0.4, -0.2) is 46.9 Å². The Hall–Kier alpha value is -3.76. The zero-order valence-corrected chi connectivity index (χ0v) is 20.2. The number of carboxylic acids is 1. The number of fused-ring (bicyclic) bond motifs is 1. The largest absolute Gasteiger partial charge is 0.493 e. The topological polar surface area (TPSA) is 108 Å². The predicted octanol–water partition coefficient (Wildman–Crippen LogP) is 4.74. The minimum atomic E-state index is -1.21. The Kier molecular flexibility index (Phi) is 6.90. The van der Waals surface area contributed by atoms with Crippen LogP contribution in [0.5, 0.6) is 17.2 Å². The number of aliphatic carboxylic acids is 1. The second-order valence-electron chi connectivity index (χ2n) is 7.18. The first-order valence-electron chi connectivity index (χ1n) is 10.0. The molecule has 4 rings (SSSR count). The van der Waals surface area contributed by atoms with E-state index in [9.17, 15) is 14.7 Å². The number of Topliss-reactive ketones (excluding diaryl/α,β-unsaturated/α-hetero) is 1. The Morgan fingerprint density at radius 1 is 0.912 bits per heavy atom. The summed E-state index contributed by atoms with van der Waals surface area (Å²) in [6, 6.07) is 9.87. The molecule has 2 heterocycles. The van der Waals surface area contributed by atoms with Crippen molar-refractivity contribution in [1.29, 1.82) is 0 Å². The number of benzene rings is 2. The Morgan fingerprint density at radius 3 is 2.21 bits per heavy atom. The number of hydrogen-bond donors (Lipinski definition) is 1. The van der Waals surface area contributed by atoms with E-state index in [0.29, 0.717) is 33.8 Å². The number of rotatable bonds is 9. The molecule has 1 N–H and O–H groups in total. The number of ether oxygens (including phenoxy) is 3. The van der Waals surface area contributed by atoms with Crippen molar-refractivity contribution in [1.82, 2.24) is 8.75 Å². The first-order chi connectivity index (χ1) is 16.5. The van der Waals surface area contributed by atoms with Crippen molar-refractivity contribution in [3.8, 4) is 17.2 Å². The van der Waals surface area contributed by atoms with Gasteiger partial charge in [-0.1, -0.05) is 6.07 Å². The van der Waals surface area contributed by atoms with Crippen LogP contribution in [0.4, 0.5) is 0 Å². The number of carbonyl (C=O) groups excluding carboxylic acids is 1. The van der Waals surface area contributed by atoms with Crippen molar-refractivity contribution in [3.63, 3.8) is 0 Å². The van der Waals surface area contributed by atoms with E-state index < -0.39 is 11.8 Å². The third-order valence-corrected chi connectivity index (χ3v) is 6.51. The Morgan fingerprint density at radius 2 is 1.62 bits per heavy atom. The van der Waals surface area contributed by atoms with E-state index in [-0.39, 0.29) is 23.1 Å². The molecule has 0 aliphatic heterocycles. The second kappa shape index (κ2) is 10.0. The van der Waals surface area contributed by atoms with Gasteiger partial charge in [-0.3, -0.25) is 4.79 Å². The molecular weight excluding hydrogens is 476 g/mol. The summed E-state index contributed by atoms with van der Waals surface area (Å²) in [7, 11) is 4.37. The number of hydrogen-bond acceptors (Lipinski definition) is 9. The lowest BCUT2D eigenvalue weighted by Gasteiger charge is -2.16. The van der Waals surface area contributed by atoms with Gasteiger partial charge in [0.25, 0.3) is 0 Å². The quantitative estimate of drug-likeness (QED) is 0.261. The average Bonchev–Trinajstić information content (AvgIpc) is 3.53. The van der Waals surface area contributed by atoms with E-state index in [0.717, 1.165) is 17.3 Å². The zero-order valence-electron chi connectivity index (χ0n) is 18.5. The molecule has 0 fully saturated rings. The minimum Gasteiger partial charge on any atom is -0.493 e. The maximum Gasteiger partial charge on any atom is 0.336 e. The first-order valence-corrected chi connectivity index (χ1v) is 11.7. The summed E-state index contributed by atoms with van der Waals surface area (Å²) in [6.45, 7) is 0. The summed E-state index contributed by atoms with van der Waals surface area (Å²) < 4.78 is 24.5. The van der Waals surface area contributed by atoms with E-state index in [1.165, 1.54) is 44.8 Å². The number of methoxy groups -OCH3 is 3. The molecule has 0 spiro atoms. The molecule has 0 amide bonds. The standard InChI is InChI=1S/C24H20N2O6S2/c1-30-19-10-15(11-20(31-2)23(19)32-3)22(27)16(8-13-6-7-33-12-13)21(24(28)29)14-4-5-17-18(9-14)26-34-25-17/h4-7,9-12H,8H2,1-3H3,(H,28,29). The normalized spacial score (nSPS) is 11.7. The third-order valence-electron chi connectivity index (χ3n) is 5.22. The molecule has 34 heavy (non-hydrogen) atoms. The molecule has 0 saturated heterocycles. The zero-order chi connectivity index (χ0) is 24.2. The monoisotopic (exact) mass is 496 g/mol. The smallest absolute Gasteiger partial charge is 0.336 e. The predicted molar refractivity (Wildman–Crippen MR) is 130 cm³/mol. The van der Waals surface area contributed by atoms with Crippen LogP contribution in [0.1, 0.15) is 21.5 Å². The van der Waals surface area contributed by atoms with Crippen LogP contribution in [0, 0.1) is 0 Å². The van der Waals surface area contributed by atoms with Gasteiger partial charge >= 0.3 is 5.97 Å². The van der Waals surface area contributed by atoms with Crippen LogP contribution >= 0.6 is 23.1 Å². The lowest BCUT2D eigenvalue weighted by Crippen LogP contribution is -2.14. The van der Waals surface area contributed by atoms with Gasteiger partial charge in [0.15, 0.2) is 17.3 Å². The highest BCUT2D eigenvalue weighted by Gasteiger charge is 2.26. The molecule has 0 atom stereocenters. The average molecular weight is 497 g/mol. The molecule has 0 aliphatic carbocycles. The molecular formula is C24H20N2O6S2. The third kappa shape index (κ3) is 4.50. The van der Waals surface area contributed by atoms with Crippen molar-refractivity contribution >= 4 is 51.4 Å². The van der Waals surface area contributed by atoms with Crippen molar-refractivity contribution in [2.45, 2.75) is 6.42 Å². The van der Waals surface area contributed by atoms with E-state index in [4.69, 9.17) is 14.2 Å². The van der Waals surface area contributed by atoms with Crippen molar-refractivity contribution in [2.75, 3.05) is 21.3 Å². The molecule has 10 heteroatoms. The molecule has 0 unspecified atom stereocenters. The number of carboxylic acid groups (broad SMARTS) is 1. The Bertz CT molecular complexity index is 1370. The summed E-state index contributed by atoms with van der Waals surface area (Å²) in [5.74, 6) is -0.739. The molecule has 174 valence electrons. The molecule has 2 aromatic carbocycles. The van der Waals surface area contributed by atoms with Crippen molar-refractivity contribution in [2.24, 2.45) is 0 Å². The molecule has 0 bridgehead atoms. The fourth-order valence-electron chi connectivity index (χ4n) is 3.63. The van der Waals surface area contributed by atoms with Crippen molar-refractivity contribution in [3.05, 3.63) is 69.4 Å². The highest BCUT2D eigenvalue weighted by Crippen LogP contribution is 2.39. The fourth-order valence-corrected chi connectivity index (χ4v) is 4.82. The van der Waals surface area contributed by atoms with E-state index in [1.54, 1.807) is 18.2 Å². The van der Waals surface area contributed by atoms with E-state index in [1.807, 2.05) is 16.8 Å². The van der Waals surface area contributed by atoms with Gasteiger partial charge in [0.1, 0.15) is 11.0 Å². The summed E-state index contributed by atoms with van der Waals surface area (Å²) >= 11 is 2.51. The van der Waals surface area contributed by atoms with E-state index in [2.05, 4.69) is 8.75 Å². The van der Waals surface area contributed by atoms with Gasteiger partial charge in [-0.05, 0) is 52.2 Å². The summed E-state index contributed by atoms with van der Waals surface area (Å²) in [5.41, 5.74) is 2.68. The molecule has 0 aliphatic rings. The second-order valence-corrected chi connectivity index (χ2v) is 8.49. The lowest BCUT2D eigenvalue weighted by molar-refractivity contribution is -0.130. The number of aromatic nitrogens is 2. The number of ketones is 1. The highest BCUT2D eigenvalue weighted by atomic mass is 32.1. The van der Waals surface area contributed by atoms with Gasteiger partial charge < -0.3 is 19.3 Å². The van der Waals surface area contributed by atoms with Crippen molar-refractivity contribution < 1.29 is 28.9 Å². The number of allylic oxidation sites excluding steroid dienone is 1. The van der Waals surface area contributed by atoms with Crippen LogP contribution in [-0.2, 0) is 11.2 Å². The van der Waals surface area contributed by atoms with Gasteiger partial charge in [0.05, 0.1) is 38.6 Å². The maximum absolute atomic E-state index is 13.8. The summed E-state index contributed by atoms with van der Waals surface area (Å²) in [4.78, 5) is 26.4. The van der Waals surface area contributed by atoms with Crippen LogP contribution in [0.15, 0.2) is 52.7 Å². The van der Waals surface area contributed by atoms with E-state index >= 15 is 0 Å². The van der Waals surface area contributed by atoms with Crippen LogP contribution < -0.4 is 14.2 Å². The molecule has 0 saturated carbocycles. The number of carbonyl (C=O) groups is 2. The first kappa shape index (κ1) is 23.4. The van der Waals surface area contributed by atoms with Gasteiger partial charge in [-0.2, -0.15) is 20.1 Å². The van der Waals surface area contributed by atoms with Crippen LogP contribution in [0.3, 0.4) is 0 Å². The van der Waals surface area contributed by atoms with Gasteiger partial charge in [-0.15, -0.1) is 0 Å². The maximum atomic E-state index is 13.8. The van der Waals surface area contributed by atoms with Gasteiger partial charge in [0, 0.05) is 17.6 Å². The van der Waals surface area contributed by atoms with Crippen LogP contribution in [0.25, 0.3) is 16.6 Å². The number of thiophene rings is 1. The molecule has 4 aromatic rings. The lowest BCUT2D eigenvalue weighted by atomic mass is 9.89.